The maximum Gasteiger partial charge on any atom is 0.274 e. The van der Waals surface area contributed by atoms with Crippen LogP contribution in [0.2, 0.25) is 0 Å². The van der Waals surface area contributed by atoms with Crippen molar-refractivity contribution in [3.05, 3.63) is 63.1 Å². The van der Waals surface area contributed by atoms with Crippen molar-refractivity contribution in [1.29, 1.82) is 0 Å². The van der Waals surface area contributed by atoms with Gasteiger partial charge < -0.3 is 10.2 Å². The Morgan fingerprint density at radius 3 is 2.54 bits per heavy atom. The molecule has 0 aliphatic rings. The van der Waals surface area contributed by atoms with E-state index in [1.807, 2.05) is 26.2 Å². The number of benzene rings is 1. The Morgan fingerprint density at radius 2 is 1.88 bits per heavy atom. The van der Waals surface area contributed by atoms with Gasteiger partial charge in [0.1, 0.15) is 0 Å². The van der Waals surface area contributed by atoms with E-state index in [0.717, 1.165) is 12.1 Å². The second-order valence-electron chi connectivity index (χ2n) is 6.75. The molecule has 1 aromatic carbocycles. The monoisotopic (exact) mass is 353 g/mol. The van der Waals surface area contributed by atoms with Gasteiger partial charge in [-0.05, 0) is 38.2 Å². The van der Waals surface area contributed by atoms with Crippen molar-refractivity contribution in [1.82, 2.24) is 25.0 Å². The van der Waals surface area contributed by atoms with Crippen molar-refractivity contribution in [3.63, 3.8) is 0 Å². The van der Waals surface area contributed by atoms with E-state index in [9.17, 15) is 9.59 Å². The van der Waals surface area contributed by atoms with E-state index in [1.165, 1.54) is 10.2 Å². The van der Waals surface area contributed by atoms with E-state index < -0.39 is 0 Å². The van der Waals surface area contributed by atoms with Crippen LogP contribution in [0.15, 0.2) is 35.1 Å². The number of nitrogens with one attached hydrogen (secondary N) is 2. The molecule has 136 valence electrons. The van der Waals surface area contributed by atoms with E-state index in [2.05, 4.69) is 32.4 Å². The van der Waals surface area contributed by atoms with Crippen LogP contribution in [0.3, 0.4) is 0 Å². The standard InChI is InChI=1S/C19H23N5O2/c1-12-9-15(16-17(21-12)24(4)22-19(16)26)18(25)20-10-13-5-7-14(8-6-13)11-23(2)3/h5-9H,10-11H2,1-4H3,(H,20,25)(H,22,26). The number of rotatable bonds is 5. The highest BCUT2D eigenvalue weighted by atomic mass is 16.2. The van der Waals surface area contributed by atoms with Crippen LogP contribution < -0.4 is 10.9 Å². The summed E-state index contributed by atoms with van der Waals surface area (Å²) in [4.78, 5) is 31.2. The van der Waals surface area contributed by atoms with Gasteiger partial charge in [0.2, 0.25) is 0 Å². The number of carbonyl (C=O) groups excluding carboxylic acids is 1. The predicted molar refractivity (Wildman–Crippen MR) is 101 cm³/mol. The molecule has 0 radical (unpaired) electrons. The van der Waals surface area contributed by atoms with Gasteiger partial charge in [0, 0.05) is 25.8 Å². The summed E-state index contributed by atoms with van der Waals surface area (Å²) in [5.74, 6) is -0.283. The number of hydrogen-bond donors (Lipinski definition) is 2. The molecular formula is C19H23N5O2. The quantitative estimate of drug-likeness (QED) is 0.729. The largest absolute Gasteiger partial charge is 0.348 e. The van der Waals surface area contributed by atoms with Gasteiger partial charge in [0.15, 0.2) is 5.65 Å². The molecule has 0 unspecified atom stereocenters. The Labute approximate surface area is 151 Å². The summed E-state index contributed by atoms with van der Waals surface area (Å²) >= 11 is 0. The van der Waals surface area contributed by atoms with Crippen LogP contribution in [0.5, 0.6) is 0 Å². The average Bonchev–Trinajstić information content (AvgIpc) is 2.87. The van der Waals surface area contributed by atoms with Gasteiger partial charge in [-0.15, -0.1) is 0 Å². The molecule has 0 spiro atoms. The van der Waals surface area contributed by atoms with Gasteiger partial charge in [0.05, 0.1) is 10.9 Å². The van der Waals surface area contributed by atoms with Crippen molar-refractivity contribution in [3.8, 4) is 0 Å². The third-order valence-corrected chi connectivity index (χ3v) is 4.16. The predicted octanol–water partition coefficient (Wildman–Crippen LogP) is 1.56. The molecule has 2 N–H and O–H groups in total. The minimum absolute atomic E-state index is 0.283. The molecule has 0 bridgehead atoms. The molecule has 0 fully saturated rings. The second-order valence-corrected chi connectivity index (χ2v) is 6.75. The highest BCUT2D eigenvalue weighted by Gasteiger charge is 2.17. The summed E-state index contributed by atoms with van der Waals surface area (Å²) in [7, 11) is 5.75. The fourth-order valence-electron chi connectivity index (χ4n) is 2.97. The first-order valence-electron chi connectivity index (χ1n) is 8.42. The number of pyridine rings is 1. The number of aromatic nitrogens is 3. The summed E-state index contributed by atoms with van der Waals surface area (Å²) in [5.41, 5.74) is 3.42. The number of hydrogen-bond acceptors (Lipinski definition) is 4. The number of amides is 1. The fourth-order valence-corrected chi connectivity index (χ4v) is 2.97. The summed E-state index contributed by atoms with van der Waals surface area (Å²) in [6, 6.07) is 9.76. The Kier molecular flexibility index (Phi) is 4.90. The van der Waals surface area contributed by atoms with Crippen LogP contribution in [0, 0.1) is 6.92 Å². The second kappa shape index (κ2) is 7.13. The lowest BCUT2D eigenvalue weighted by Crippen LogP contribution is -2.24. The van der Waals surface area contributed by atoms with Crippen LogP contribution in [-0.4, -0.2) is 39.7 Å². The Morgan fingerprint density at radius 1 is 1.23 bits per heavy atom. The molecule has 0 atom stereocenters. The first-order valence-corrected chi connectivity index (χ1v) is 8.42. The van der Waals surface area contributed by atoms with Gasteiger partial charge in [-0.25, -0.2) is 4.98 Å². The van der Waals surface area contributed by atoms with Crippen LogP contribution in [0.4, 0.5) is 0 Å². The Balaban J connectivity index is 1.79. The first-order chi connectivity index (χ1) is 12.3. The van der Waals surface area contributed by atoms with Crippen LogP contribution in [0.25, 0.3) is 11.0 Å². The maximum absolute atomic E-state index is 12.7. The molecule has 7 heteroatoms. The molecule has 3 rings (SSSR count). The lowest BCUT2D eigenvalue weighted by Gasteiger charge is -2.11. The zero-order valence-electron chi connectivity index (χ0n) is 15.5. The normalized spacial score (nSPS) is 11.3. The van der Waals surface area contributed by atoms with E-state index in [-0.39, 0.29) is 11.5 Å². The van der Waals surface area contributed by atoms with Crippen LogP contribution in [0.1, 0.15) is 27.2 Å². The summed E-state index contributed by atoms with van der Waals surface area (Å²) in [6.45, 7) is 3.07. The SMILES string of the molecule is Cc1cc(C(=O)NCc2ccc(CN(C)C)cc2)c2c(=O)[nH]n(C)c2n1. The van der Waals surface area contributed by atoms with Gasteiger partial charge in [-0.2, -0.15) is 0 Å². The van der Waals surface area contributed by atoms with Gasteiger partial charge in [-0.3, -0.25) is 19.4 Å². The molecule has 0 saturated carbocycles. The molecule has 0 saturated heterocycles. The topological polar surface area (TPSA) is 83.0 Å². The number of nitrogens with zero attached hydrogens (tertiary/aromatic N) is 3. The lowest BCUT2D eigenvalue weighted by atomic mass is 10.1. The number of carbonyl (C=O) groups is 1. The first kappa shape index (κ1) is 17.9. The third-order valence-electron chi connectivity index (χ3n) is 4.16. The van der Waals surface area contributed by atoms with Crippen molar-refractivity contribution >= 4 is 16.9 Å². The van der Waals surface area contributed by atoms with Crippen LogP contribution >= 0.6 is 0 Å². The molecule has 2 aromatic heterocycles. The minimum Gasteiger partial charge on any atom is -0.348 e. The molecule has 1 amide bonds. The van der Waals surface area contributed by atoms with Gasteiger partial charge in [0.25, 0.3) is 11.5 Å². The number of fused-ring (bicyclic) bond motifs is 1. The van der Waals surface area contributed by atoms with E-state index in [1.54, 1.807) is 20.0 Å². The maximum atomic E-state index is 12.7. The van der Waals surface area contributed by atoms with Crippen molar-refractivity contribution in [2.24, 2.45) is 7.05 Å². The molecule has 7 nitrogen and oxygen atoms in total. The third kappa shape index (κ3) is 3.67. The molecule has 3 aromatic rings. The zero-order chi connectivity index (χ0) is 18.8. The van der Waals surface area contributed by atoms with E-state index in [0.29, 0.717) is 28.8 Å². The van der Waals surface area contributed by atoms with Gasteiger partial charge in [-0.1, -0.05) is 24.3 Å². The number of aryl methyl sites for hydroxylation is 2. The average molecular weight is 353 g/mol. The van der Waals surface area contributed by atoms with Gasteiger partial charge >= 0.3 is 0 Å². The van der Waals surface area contributed by atoms with E-state index in [4.69, 9.17) is 0 Å². The zero-order valence-corrected chi connectivity index (χ0v) is 15.5. The van der Waals surface area contributed by atoms with Crippen LogP contribution in [-0.2, 0) is 20.1 Å². The smallest absolute Gasteiger partial charge is 0.274 e. The Bertz CT molecular complexity index is 999. The highest BCUT2D eigenvalue weighted by molar-refractivity contribution is 6.05. The molecule has 0 aliphatic heterocycles. The lowest BCUT2D eigenvalue weighted by molar-refractivity contribution is 0.0952. The van der Waals surface area contributed by atoms with E-state index >= 15 is 0 Å². The fraction of sp³-hybridized carbons (Fsp3) is 0.316. The van der Waals surface area contributed by atoms with Crippen molar-refractivity contribution in [2.45, 2.75) is 20.0 Å². The molecule has 26 heavy (non-hydrogen) atoms. The van der Waals surface area contributed by atoms with Crippen molar-refractivity contribution < 1.29 is 4.79 Å². The summed E-state index contributed by atoms with van der Waals surface area (Å²) in [5, 5.41) is 5.86. The number of aromatic amines is 1. The van der Waals surface area contributed by atoms with Crippen molar-refractivity contribution in [2.75, 3.05) is 14.1 Å². The Hall–Kier alpha value is -2.93. The summed E-state index contributed by atoms with van der Waals surface area (Å²) in [6.07, 6.45) is 0. The highest BCUT2D eigenvalue weighted by Crippen LogP contribution is 2.14. The molecule has 0 aliphatic carbocycles. The minimum atomic E-state index is -0.312. The number of H-pyrrole nitrogens is 1. The summed E-state index contributed by atoms with van der Waals surface area (Å²) < 4.78 is 1.53. The molecular weight excluding hydrogens is 330 g/mol. The molecule has 2 heterocycles.